The fourth-order valence-electron chi connectivity index (χ4n) is 2.63. The lowest BCUT2D eigenvalue weighted by Crippen LogP contribution is -2.16. The molecule has 0 spiro atoms. The van der Waals surface area contributed by atoms with E-state index in [9.17, 15) is 4.79 Å². The van der Waals surface area contributed by atoms with Gasteiger partial charge in [-0.05, 0) is 49.6 Å². The zero-order valence-corrected chi connectivity index (χ0v) is 13.3. The second-order valence-electron chi connectivity index (χ2n) is 6.00. The standard InChI is InChI=1S/C19H18OS/c1-13-4-7-15(8-5-13)17-11-19(2,3)21-18-9-6-14(12-20)10-16(17)18/h4-12H,1-3H3. The molecule has 0 aromatic heterocycles. The summed E-state index contributed by atoms with van der Waals surface area (Å²) < 4.78 is 0.0515. The Balaban J connectivity index is 2.19. The predicted molar refractivity (Wildman–Crippen MR) is 90.0 cm³/mol. The second kappa shape index (κ2) is 5.19. The Bertz CT molecular complexity index is 724. The smallest absolute Gasteiger partial charge is 0.150 e. The van der Waals surface area contributed by atoms with Crippen molar-refractivity contribution in [3.8, 4) is 0 Å². The zero-order chi connectivity index (χ0) is 15.0. The molecule has 0 unspecified atom stereocenters. The summed E-state index contributed by atoms with van der Waals surface area (Å²) >= 11 is 1.84. The number of carbonyl (C=O) groups excluding carboxylic acids is 1. The van der Waals surface area contributed by atoms with E-state index in [1.54, 1.807) is 0 Å². The van der Waals surface area contributed by atoms with Gasteiger partial charge in [0.2, 0.25) is 0 Å². The molecule has 2 heteroatoms. The Morgan fingerprint density at radius 3 is 2.43 bits per heavy atom. The first-order valence-electron chi connectivity index (χ1n) is 7.07. The number of hydrogen-bond acceptors (Lipinski definition) is 2. The molecular formula is C19H18OS. The predicted octanol–water partition coefficient (Wildman–Crippen LogP) is 5.12. The minimum absolute atomic E-state index is 0.0515. The van der Waals surface area contributed by atoms with E-state index in [1.807, 2.05) is 23.9 Å². The van der Waals surface area contributed by atoms with Crippen LogP contribution in [-0.4, -0.2) is 11.0 Å². The van der Waals surface area contributed by atoms with Crippen molar-refractivity contribution in [2.24, 2.45) is 0 Å². The largest absolute Gasteiger partial charge is 0.298 e. The van der Waals surface area contributed by atoms with Crippen LogP contribution in [0.15, 0.2) is 53.4 Å². The molecule has 1 heterocycles. The molecule has 0 saturated heterocycles. The molecule has 0 amide bonds. The molecule has 3 rings (SSSR count). The van der Waals surface area contributed by atoms with Gasteiger partial charge in [0.1, 0.15) is 6.29 Å². The van der Waals surface area contributed by atoms with E-state index in [0.717, 1.165) is 17.4 Å². The number of carbonyl (C=O) groups is 1. The SMILES string of the molecule is Cc1ccc(C2=CC(C)(C)Sc3ccc(C=O)cc32)cc1. The molecule has 0 fully saturated rings. The Labute approximate surface area is 130 Å². The Morgan fingerprint density at radius 1 is 1.05 bits per heavy atom. The molecule has 21 heavy (non-hydrogen) atoms. The summed E-state index contributed by atoms with van der Waals surface area (Å²) in [5.74, 6) is 0. The van der Waals surface area contributed by atoms with Crippen LogP contribution in [0, 0.1) is 6.92 Å². The fourth-order valence-corrected chi connectivity index (χ4v) is 3.79. The number of thioether (sulfide) groups is 1. The Hall–Kier alpha value is -1.80. The topological polar surface area (TPSA) is 17.1 Å². The van der Waals surface area contributed by atoms with Crippen molar-refractivity contribution >= 4 is 23.6 Å². The van der Waals surface area contributed by atoms with E-state index >= 15 is 0 Å². The highest BCUT2D eigenvalue weighted by Gasteiger charge is 2.26. The third-order valence-electron chi connectivity index (χ3n) is 3.66. The molecule has 0 saturated carbocycles. The van der Waals surface area contributed by atoms with Gasteiger partial charge in [0, 0.05) is 15.2 Å². The summed E-state index contributed by atoms with van der Waals surface area (Å²) in [6, 6.07) is 14.5. The van der Waals surface area contributed by atoms with E-state index in [2.05, 4.69) is 57.2 Å². The number of rotatable bonds is 2. The summed E-state index contributed by atoms with van der Waals surface area (Å²) in [5.41, 5.74) is 5.57. The van der Waals surface area contributed by atoms with Gasteiger partial charge in [-0.25, -0.2) is 0 Å². The first kappa shape index (κ1) is 14.2. The summed E-state index contributed by atoms with van der Waals surface area (Å²) in [6.45, 7) is 6.54. The van der Waals surface area contributed by atoms with Crippen molar-refractivity contribution in [2.45, 2.75) is 30.4 Å². The average molecular weight is 294 g/mol. The molecule has 106 valence electrons. The lowest BCUT2D eigenvalue weighted by molar-refractivity contribution is 0.112. The van der Waals surface area contributed by atoms with Gasteiger partial charge in [0.15, 0.2) is 0 Å². The summed E-state index contributed by atoms with van der Waals surface area (Å²) in [7, 11) is 0. The maximum Gasteiger partial charge on any atom is 0.150 e. The maximum absolute atomic E-state index is 11.1. The highest BCUT2D eigenvalue weighted by Crippen LogP contribution is 2.46. The van der Waals surface area contributed by atoms with Crippen LogP contribution >= 0.6 is 11.8 Å². The van der Waals surface area contributed by atoms with Gasteiger partial charge in [0.05, 0.1) is 0 Å². The zero-order valence-electron chi connectivity index (χ0n) is 12.5. The fraction of sp³-hybridized carbons (Fsp3) is 0.211. The summed E-state index contributed by atoms with van der Waals surface area (Å²) in [5, 5.41) is 0. The third-order valence-corrected chi connectivity index (χ3v) is 4.88. The van der Waals surface area contributed by atoms with Crippen LogP contribution in [0.4, 0.5) is 0 Å². The lowest BCUT2D eigenvalue weighted by Gasteiger charge is -2.29. The number of hydrogen-bond donors (Lipinski definition) is 0. The second-order valence-corrected chi connectivity index (χ2v) is 7.70. The van der Waals surface area contributed by atoms with Crippen LogP contribution in [0.25, 0.3) is 5.57 Å². The van der Waals surface area contributed by atoms with E-state index in [-0.39, 0.29) is 4.75 Å². The van der Waals surface area contributed by atoms with Crippen molar-refractivity contribution in [2.75, 3.05) is 0 Å². The van der Waals surface area contributed by atoms with Crippen molar-refractivity contribution in [1.29, 1.82) is 0 Å². The van der Waals surface area contributed by atoms with E-state index in [1.165, 1.54) is 21.6 Å². The molecular weight excluding hydrogens is 276 g/mol. The quantitative estimate of drug-likeness (QED) is 0.715. The number of aryl methyl sites for hydroxylation is 1. The van der Waals surface area contributed by atoms with Crippen LogP contribution in [0.5, 0.6) is 0 Å². The number of benzene rings is 2. The number of aldehydes is 1. The van der Waals surface area contributed by atoms with Crippen LogP contribution in [0.2, 0.25) is 0 Å². The normalized spacial score (nSPS) is 16.0. The van der Waals surface area contributed by atoms with E-state index < -0.39 is 0 Å². The Kier molecular flexibility index (Phi) is 3.50. The van der Waals surface area contributed by atoms with Crippen LogP contribution in [0.1, 0.15) is 40.9 Å². The van der Waals surface area contributed by atoms with Gasteiger partial charge in [-0.3, -0.25) is 4.79 Å². The molecule has 0 aliphatic carbocycles. The maximum atomic E-state index is 11.1. The molecule has 0 radical (unpaired) electrons. The number of fused-ring (bicyclic) bond motifs is 1. The van der Waals surface area contributed by atoms with Gasteiger partial charge in [-0.1, -0.05) is 42.0 Å². The summed E-state index contributed by atoms with van der Waals surface area (Å²) in [4.78, 5) is 12.3. The molecule has 0 atom stereocenters. The lowest BCUT2D eigenvalue weighted by atomic mass is 9.92. The van der Waals surface area contributed by atoms with Crippen molar-refractivity contribution in [3.05, 3.63) is 70.8 Å². The molecule has 1 aliphatic rings. The molecule has 2 aromatic rings. The highest BCUT2D eigenvalue weighted by molar-refractivity contribution is 8.01. The van der Waals surface area contributed by atoms with Crippen LogP contribution < -0.4 is 0 Å². The average Bonchev–Trinajstić information content (AvgIpc) is 2.46. The molecule has 1 nitrogen and oxygen atoms in total. The van der Waals surface area contributed by atoms with E-state index in [4.69, 9.17) is 0 Å². The van der Waals surface area contributed by atoms with Gasteiger partial charge in [0.25, 0.3) is 0 Å². The highest BCUT2D eigenvalue weighted by atomic mass is 32.2. The van der Waals surface area contributed by atoms with Crippen molar-refractivity contribution in [1.82, 2.24) is 0 Å². The van der Waals surface area contributed by atoms with Crippen LogP contribution in [-0.2, 0) is 0 Å². The first-order chi connectivity index (χ1) is 9.98. The molecule has 0 N–H and O–H groups in total. The Morgan fingerprint density at radius 2 is 1.76 bits per heavy atom. The van der Waals surface area contributed by atoms with Gasteiger partial charge in [-0.15, -0.1) is 11.8 Å². The van der Waals surface area contributed by atoms with Gasteiger partial charge in [-0.2, -0.15) is 0 Å². The third kappa shape index (κ3) is 2.81. The van der Waals surface area contributed by atoms with E-state index in [0.29, 0.717) is 0 Å². The monoisotopic (exact) mass is 294 g/mol. The van der Waals surface area contributed by atoms with Gasteiger partial charge >= 0.3 is 0 Å². The van der Waals surface area contributed by atoms with Crippen molar-refractivity contribution in [3.63, 3.8) is 0 Å². The van der Waals surface area contributed by atoms with Crippen molar-refractivity contribution < 1.29 is 4.79 Å². The minimum atomic E-state index is 0.0515. The molecule has 1 aliphatic heterocycles. The summed E-state index contributed by atoms with van der Waals surface area (Å²) in [6.07, 6.45) is 3.22. The minimum Gasteiger partial charge on any atom is -0.298 e. The van der Waals surface area contributed by atoms with Gasteiger partial charge < -0.3 is 0 Å². The first-order valence-corrected chi connectivity index (χ1v) is 7.89. The molecule has 0 bridgehead atoms. The molecule has 2 aromatic carbocycles. The van der Waals surface area contributed by atoms with Crippen LogP contribution in [0.3, 0.4) is 0 Å².